The van der Waals surface area contributed by atoms with Gasteiger partial charge in [-0.1, -0.05) is 12.1 Å². The van der Waals surface area contributed by atoms with Gasteiger partial charge in [0.1, 0.15) is 5.82 Å². The van der Waals surface area contributed by atoms with E-state index in [1.807, 2.05) is 35.4 Å². The summed E-state index contributed by atoms with van der Waals surface area (Å²) in [6.07, 6.45) is 5.59. The third kappa shape index (κ3) is 4.01. The number of piperidine rings is 1. The summed E-state index contributed by atoms with van der Waals surface area (Å²) >= 11 is 0. The molecule has 1 aromatic heterocycles. The van der Waals surface area contributed by atoms with Crippen molar-refractivity contribution in [3.05, 3.63) is 58.7 Å². The zero-order valence-electron chi connectivity index (χ0n) is 15.7. The Labute approximate surface area is 160 Å². The van der Waals surface area contributed by atoms with E-state index in [0.29, 0.717) is 12.5 Å². The Morgan fingerprint density at radius 3 is 2.96 bits per heavy atom. The number of aromatic nitrogens is 2. The number of nitrogens with two attached hydrogens (primary N) is 1. The first-order valence-electron chi connectivity index (χ1n) is 9.88. The second kappa shape index (κ2) is 8.15. The minimum absolute atomic E-state index is 0.116. The van der Waals surface area contributed by atoms with E-state index in [9.17, 15) is 4.79 Å². The maximum absolute atomic E-state index is 12.8. The molecule has 1 fully saturated rings. The van der Waals surface area contributed by atoms with E-state index in [4.69, 9.17) is 10.7 Å². The first-order valence-corrected chi connectivity index (χ1v) is 9.88. The molecule has 3 N–H and O–H groups in total. The smallest absolute Gasteiger partial charge is 0.253 e. The Hall–Kier alpha value is -2.31. The molecule has 4 rings (SSSR count). The maximum Gasteiger partial charge on any atom is 0.253 e. The standard InChI is InChI=1S/C21H27N5O/c22-8-4-15-2-1-3-17(12-15)21(27)26-10-6-16(7-11-26)20-24-14-18-13-23-9-5-19(18)25-20/h1-3,12,14,16,23H,4-11,13,22H2. The lowest BCUT2D eigenvalue weighted by atomic mass is 9.94. The summed E-state index contributed by atoms with van der Waals surface area (Å²) in [5.74, 6) is 1.41. The highest BCUT2D eigenvalue weighted by Gasteiger charge is 2.27. The van der Waals surface area contributed by atoms with Crippen molar-refractivity contribution in [2.24, 2.45) is 5.73 Å². The van der Waals surface area contributed by atoms with Gasteiger partial charge < -0.3 is 16.0 Å². The van der Waals surface area contributed by atoms with Crippen LogP contribution in [0, 0.1) is 0 Å². The lowest BCUT2D eigenvalue weighted by Gasteiger charge is -2.32. The molecule has 2 aromatic rings. The van der Waals surface area contributed by atoms with Gasteiger partial charge in [0, 0.05) is 61.5 Å². The van der Waals surface area contributed by atoms with Crippen LogP contribution >= 0.6 is 0 Å². The van der Waals surface area contributed by atoms with Crippen LogP contribution in [-0.4, -0.2) is 47.0 Å². The number of nitrogens with zero attached hydrogens (tertiary/aromatic N) is 3. The summed E-state index contributed by atoms with van der Waals surface area (Å²) in [4.78, 5) is 24.2. The van der Waals surface area contributed by atoms with E-state index in [0.717, 1.165) is 68.8 Å². The third-order valence-corrected chi connectivity index (χ3v) is 5.58. The van der Waals surface area contributed by atoms with Crippen LogP contribution in [0.3, 0.4) is 0 Å². The molecule has 6 heteroatoms. The van der Waals surface area contributed by atoms with Crippen molar-refractivity contribution >= 4 is 5.91 Å². The highest BCUT2D eigenvalue weighted by Crippen LogP contribution is 2.27. The van der Waals surface area contributed by atoms with Crippen molar-refractivity contribution in [2.45, 2.75) is 38.1 Å². The van der Waals surface area contributed by atoms with E-state index < -0.39 is 0 Å². The molecule has 2 aliphatic rings. The van der Waals surface area contributed by atoms with Gasteiger partial charge in [-0.25, -0.2) is 9.97 Å². The second-order valence-corrected chi connectivity index (χ2v) is 7.43. The van der Waals surface area contributed by atoms with Gasteiger partial charge in [0.05, 0.1) is 0 Å². The fourth-order valence-corrected chi connectivity index (χ4v) is 4.00. The molecule has 0 spiro atoms. The molecule has 0 saturated carbocycles. The molecular weight excluding hydrogens is 338 g/mol. The highest BCUT2D eigenvalue weighted by molar-refractivity contribution is 5.94. The summed E-state index contributed by atoms with van der Waals surface area (Å²) in [6, 6.07) is 7.84. The summed E-state index contributed by atoms with van der Waals surface area (Å²) in [5, 5.41) is 3.35. The molecule has 1 amide bonds. The van der Waals surface area contributed by atoms with Crippen LogP contribution in [0.1, 0.15) is 51.8 Å². The van der Waals surface area contributed by atoms with Crippen molar-refractivity contribution in [1.29, 1.82) is 0 Å². The molecule has 3 heterocycles. The van der Waals surface area contributed by atoms with Gasteiger partial charge in [0.2, 0.25) is 0 Å². The topological polar surface area (TPSA) is 84.1 Å². The van der Waals surface area contributed by atoms with Crippen LogP contribution in [0.5, 0.6) is 0 Å². The van der Waals surface area contributed by atoms with Crippen molar-refractivity contribution in [3.8, 4) is 0 Å². The van der Waals surface area contributed by atoms with E-state index in [1.54, 1.807) is 0 Å². The molecule has 1 saturated heterocycles. The summed E-state index contributed by atoms with van der Waals surface area (Å²) in [7, 11) is 0. The van der Waals surface area contributed by atoms with Crippen LogP contribution in [-0.2, 0) is 19.4 Å². The fraction of sp³-hybridized carbons (Fsp3) is 0.476. The summed E-state index contributed by atoms with van der Waals surface area (Å²) < 4.78 is 0. The molecule has 2 aliphatic heterocycles. The average Bonchev–Trinajstić information content (AvgIpc) is 2.73. The van der Waals surface area contributed by atoms with Gasteiger partial charge >= 0.3 is 0 Å². The Morgan fingerprint density at radius 1 is 1.30 bits per heavy atom. The molecule has 0 atom stereocenters. The minimum Gasteiger partial charge on any atom is -0.339 e. The van der Waals surface area contributed by atoms with Crippen LogP contribution < -0.4 is 11.1 Å². The third-order valence-electron chi connectivity index (χ3n) is 5.58. The monoisotopic (exact) mass is 365 g/mol. The molecule has 0 bridgehead atoms. The van der Waals surface area contributed by atoms with E-state index >= 15 is 0 Å². The number of carbonyl (C=O) groups is 1. The SMILES string of the molecule is NCCc1cccc(C(=O)N2CCC(c3ncc4c(n3)CCNC4)CC2)c1. The normalized spacial score (nSPS) is 17.6. The first-order chi connectivity index (χ1) is 13.2. The summed E-state index contributed by atoms with van der Waals surface area (Å²) in [6.45, 7) is 3.96. The molecule has 142 valence electrons. The van der Waals surface area contributed by atoms with Crippen LogP contribution in [0.2, 0.25) is 0 Å². The predicted molar refractivity (Wildman–Crippen MR) is 105 cm³/mol. The second-order valence-electron chi connectivity index (χ2n) is 7.43. The van der Waals surface area contributed by atoms with Crippen molar-refractivity contribution < 1.29 is 4.79 Å². The van der Waals surface area contributed by atoms with E-state index in [1.165, 1.54) is 11.3 Å². The zero-order chi connectivity index (χ0) is 18.6. The number of carbonyl (C=O) groups excluding carboxylic acids is 1. The van der Waals surface area contributed by atoms with Crippen molar-refractivity contribution in [2.75, 3.05) is 26.2 Å². The van der Waals surface area contributed by atoms with Gasteiger partial charge in [-0.05, 0) is 43.5 Å². The lowest BCUT2D eigenvalue weighted by molar-refractivity contribution is 0.0711. The van der Waals surface area contributed by atoms with Gasteiger partial charge in [0.25, 0.3) is 5.91 Å². The minimum atomic E-state index is 0.116. The number of hydrogen-bond acceptors (Lipinski definition) is 5. The first kappa shape index (κ1) is 18.1. The fourth-order valence-electron chi connectivity index (χ4n) is 4.00. The average molecular weight is 365 g/mol. The summed E-state index contributed by atoms with van der Waals surface area (Å²) in [5.41, 5.74) is 9.92. The molecule has 6 nitrogen and oxygen atoms in total. The Bertz CT molecular complexity index is 814. The Kier molecular flexibility index (Phi) is 5.45. The van der Waals surface area contributed by atoms with Crippen molar-refractivity contribution in [1.82, 2.24) is 20.2 Å². The van der Waals surface area contributed by atoms with Crippen LogP contribution in [0.4, 0.5) is 0 Å². The van der Waals surface area contributed by atoms with Gasteiger partial charge in [-0.3, -0.25) is 4.79 Å². The van der Waals surface area contributed by atoms with Crippen LogP contribution in [0.25, 0.3) is 0 Å². The number of nitrogens with one attached hydrogen (secondary N) is 1. The number of likely N-dealkylation sites (tertiary alicyclic amines) is 1. The van der Waals surface area contributed by atoms with Gasteiger partial charge in [0.15, 0.2) is 0 Å². The van der Waals surface area contributed by atoms with E-state index in [-0.39, 0.29) is 5.91 Å². The molecule has 27 heavy (non-hydrogen) atoms. The van der Waals surface area contributed by atoms with E-state index in [2.05, 4.69) is 10.3 Å². The van der Waals surface area contributed by atoms with Gasteiger partial charge in [-0.2, -0.15) is 0 Å². The maximum atomic E-state index is 12.8. The Balaban J connectivity index is 1.40. The largest absolute Gasteiger partial charge is 0.339 e. The zero-order valence-corrected chi connectivity index (χ0v) is 15.7. The molecular formula is C21H27N5O. The quantitative estimate of drug-likeness (QED) is 0.861. The number of rotatable bonds is 4. The van der Waals surface area contributed by atoms with Crippen molar-refractivity contribution in [3.63, 3.8) is 0 Å². The van der Waals surface area contributed by atoms with Gasteiger partial charge in [-0.15, -0.1) is 0 Å². The molecule has 0 radical (unpaired) electrons. The molecule has 0 unspecified atom stereocenters. The number of hydrogen-bond donors (Lipinski definition) is 2. The number of amides is 1. The number of fused-ring (bicyclic) bond motifs is 1. The lowest BCUT2D eigenvalue weighted by Crippen LogP contribution is -2.38. The number of benzene rings is 1. The molecule has 0 aliphatic carbocycles. The highest BCUT2D eigenvalue weighted by atomic mass is 16.2. The Morgan fingerprint density at radius 2 is 2.15 bits per heavy atom. The van der Waals surface area contributed by atoms with Crippen LogP contribution in [0.15, 0.2) is 30.5 Å². The molecule has 1 aromatic carbocycles. The predicted octanol–water partition coefficient (Wildman–Crippen LogP) is 1.64.